The predicted octanol–water partition coefficient (Wildman–Crippen LogP) is 4.44. The number of benzene rings is 1. The van der Waals surface area contributed by atoms with Gasteiger partial charge in [0.1, 0.15) is 5.65 Å². The van der Waals surface area contributed by atoms with E-state index >= 15 is 0 Å². The fourth-order valence-electron chi connectivity index (χ4n) is 3.41. The molecule has 0 aliphatic heterocycles. The summed E-state index contributed by atoms with van der Waals surface area (Å²) in [6, 6.07) is 14.9. The molecular weight excluding hydrogens is 334 g/mol. The van der Waals surface area contributed by atoms with Crippen molar-refractivity contribution in [2.24, 2.45) is 5.41 Å². The van der Waals surface area contributed by atoms with Gasteiger partial charge in [-0.2, -0.15) is 4.98 Å². The Labute approximate surface area is 159 Å². The van der Waals surface area contributed by atoms with Crippen LogP contribution in [0.25, 0.3) is 16.7 Å². The molecule has 0 atom stereocenters. The maximum atomic E-state index is 5.84. The van der Waals surface area contributed by atoms with Gasteiger partial charge in [-0.3, -0.25) is 0 Å². The van der Waals surface area contributed by atoms with Crippen molar-refractivity contribution in [3.63, 3.8) is 0 Å². The molecule has 0 aliphatic rings. The largest absolute Gasteiger partial charge is 0.368 e. The average Bonchev–Trinajstić information content (AvgIpc) is 3.24. The monoisotopic (exact) mass is 359 g/mol. The molecule has 138 valence electrons. The number of nitrogen functional groups attached to an aromatic ring is 1. The molecule has 4 rings (SSSR count). The Bertz CT molecular complexity index is 1050. The second kappa shape index (κ2) is 6.58. The summed E-state index contributed by atoms with van der Waals surface area (Å²) < 4.78 is 4.39. The lowest BCUT2D eigenvalue weighted by atomic mass is 9.96. The van der Waals surface area contributed by atoms with E-state index in [4.69, 9.17) is 5.73 Å². The standard InChI is InChI=1S/C22H25N5/c1-22(2,3)15-27-19(13-17-14-24-21(23)25-20(17)27)12-16-6-8-18(9-7-16)26-10-4-5-11-26/h4-11,13-14H,12,15H2,1-3H3,(H2,23,24,25). The van der Waals surface area contributed by atoms with Crippen molar-refractivity contribution in [2.75, 3.05) is 5.73 Å². The van der Waals surface area contributed by atoms with Crippen LogP contribution in [0.15, 0.2) is 61.1 Å². The van der Waals surface area contributed by atoms with Gasteiger partial charge in [-0.25, -0.2) is 4.98 Å². The van der Waals surface area contributed by atoms with Crippen LogP contribution < -0.4 is 5.73 Å². The molecule has 0 amide bonds. The van der Waals surface area contributed by atoms with Crippen LogP contribution in [0.1, 0.15) is 32.0 Å². The number of fused-ring (bicyclic) bond motifs is 1. The lowest BCUT2D eigenvalue weighted by molar-refractivity contribution is 0.344. The van der Waals surface area contributed by atoms with Crippen molar-refractivity contribution < 1.29 is 0 Å². The van der Waals surface area contributed by atoms with Crippen LogP contribution in [0.3, 0.4) is 0 Å². The summed E-state index contributed by atoms with van der Waals surface area (Å²) in [6.07, 6.45) is 6.77. The summed E-state index contributed by atoms with van der Waals surface area (Å²) in [5.41, 5.74) is 10.6. The zero-order valence-corrected chi connectivity index (χ0v) is 16.1. The first-order valence-corrected chi connectivity index (χ1v) is 9.22. The molecule has 5 heteroatoms. The van der Waals surface area contributed by atoms with Crippen LogP contribution in [0, 0.1) is 5.41 Å². The minimum atomic E-state index is 0.138. The molecule has 27 heavy (non-hydrogen) atoms. The van der Waals surface area contributed by atoms with E-state index in [1.807, 2.05) is 18.3 Å². The van der Waals surface area contributed by atoms with Crippen molar-refractivity contribution in [3.05, 3.63) is 72.3 Å². The quantitative estimate of drug-likeness (QED) is 0.586. The molecule has 0 radical (unpaired) electrons. The molecule has 3 heterocycles. The van der Waals surface area contributed by atoms with Gasteiger partial charge in [0, 0.05) is 48.3 Å². The Hall–Kier alpha value is -3.08. The predicted molar refractivity (Wildman–Crippen MR) is 110 cm³/mol. The van der Waals surface area contributed by atoms with Crippen molar-refractivity contribution in [1.82, 2.24) is 19.1 Å². The first kappa shape index (κ1) is 17.3. The number of nitrogens with two attached hydrogens (primary N) is 1. The molecule has 0 saturated carbocycles. The van der Waals surface area contributed by atoms with Crippen LogP contribution in [0.4, 0.5) is 5.95 Å². The van der Waals surface area contributed by atoms with Crippen LogP contribution >= 0.6 is 0 Å². The van der Waals surface area contributed by atoms with Gasteiger partial charge in [0.2, 0.25) is 5.95 Å². The third kappa shape index (κ3) is 3.72. The molecular formula is C22H25N5. The molecule has 2 N–H and O–H groups in total. The van der Waals surface area contributed by atoms with E-state index in [1.54, 1.807) is 0 Å². The molecule has 0 fully saturated rings. The van der Waals surface area contributed by atoms with Gasteiger partial charge >= 0.3 is 0 Å². The fraction of sp³-hybridized carbons (Fsp3) is 0.273. The normalized spacial score (nSPS) is 12.0. The first-order chi connectivity index (χ1) is 12.9. The summed E-state index contributed by atoms with van der Waals surface area (Å²) in [6.45, 7) is 7.58. The highest BCUT2D eigenvalue weighted by molar-refractivity contribution is 5.77. The Kier molecular flexibility index (Phi) is 4.22. The van der Waals surface area contributed by atoms with Gasteiger partial charge < -0.3 is 14.9 Å². The first-order valence-electron chi connectivity index (χ1n) is 9.22. The molecule has 0 bridgehead atoms. The molecule has 0 spiro atoms. The fourth-order valence-corrected chi connectivity index (χ4v) is 3.41. The lowest BCUT2D eigenvalue weighted by Gasteiger charge is -2.22. The van der Waals surface area contributed by atoms with Crippen LogP contribution in [0.2, 0.25) is 0 Å². The van der Waals surface area contributed by atoms with Crippen molar-refractivity contribution in [3.8, 4) is 5.69 Å². The number of rotatable bonds is 4. The van der Waals surface area contributed by atoms with Crippen LogP contribution in [0.5, 0.6) is 0 Å². The number of hydrogen-bond donors (Lipinski definition) is 1. The van der Waals surface area contributed by atoms with E-state index < -0.39 is 0 Å². The highest BCUT2D eigenvalue weighted by Gasteiger charge is 2.18. The Morgan fingerprint density at radius 1 is 1.04 bits per heavy atom. The lowest BCUT2D eigenvalue weighted by Crippen LogP contribution is -2.18. The SMILES string of the molecule is CC(C)(C)Cn1c(Cc2ccc(-n3cccc3)cc2)cc2cnc(N)nc21. The summed E-state index contributed by atoms with van der Waals surface area (Å²) in [4.78, 5) is 8.65. The van der Waals surface area contributed by atoms with E-state index in [1.165, 1.54) is 11.3 Å². The number of anilines is 1. The van der Waals surface area contributed by atoms with Gasteiger partial charge in [0.05, 0.1) is 0 Å². The maximum Gasteiger partial charge on any atom is 0.221 e. The molecule has 4 aromatic rings. The minimum absolute atomic E-state index is 0.138. The van der Waals surface area contributed by atoms with Crippen molar-refractivity contribution >= 4 is 17.0 Å². The zero-order chi connectivity index (χ0) is 19.0. The topological polar surface area (TPSA) is 61.7 Å². The van der Waals surface area contributed by atoms with E-state index in [0.717, 1.165) is 29.7 Å². The van der Waals surface area contributed by atoms with Gasteiger partial charge in [-0.1, -0.05) is 32.9 Å². The molecule has 0 saturated heterocycles. The highest BCUT2D eigenvalue weighted by Crippen LogP contribution is 2.26. The molecule has 0 aliphatic carbocycles. The van der Waals surface area contributed by atoms with Crippen molar-refractivity contribution in [1.29, 1.82) is 0 Å². The molecule has 0 unspecified atom stereocenters. The second-order valence-electron chi connectivity index (χ2n) is 8.22. The second-order valence-corrected chi connectivity index (χ2v) is 8.22. The van der Waals surface area contributed by atoms with Gasteiger partial charge in [-0.05, 0) is 41.3 Å². The summed E-state index contributed by atoms with van der Waals surface area (Å²) in [5, 5.41) is 1.03. The summed E-state index contributed by atoms with van der Waals surface area (Å²) in [5.74, 6) is 0.318. The summed E-state index contributed by atoms with van der Waals surface area (Å²) >= 11 is 0. The van der Waals surface area contributed by atoms with E-state index in [0.29, 0.717) is 5.95 Å². The summed E-state index contributed by atoms with van der Waals surface area (Å²) in [7, 11) is 0. The number of aromatic nitrogens is 4. The minimum Gasteiger partial charge on any atom is -0.368 e. The van der Waals surface area contributed by atoms with E-state index in [9.17, 15) is 0 Å². The van der Waals surface area contributed by atoms with Gasteiger partial charge in [0.15, 0.2) is 0 Å². The number of nitrogens with zero attached hydrogens (tertiary/aromatic N) is 4. The Balaban J connectivity index is 1.69. The Morgan fingerprint density at radius 2 is 1.74 bits per heavy atom. The maximum absolute atomic E-state index is 5.84. The zero-order valence-electron chi connectivity index (χ0n) is 16.1. The van der Waals surface area contributed by atoms with E-state index in [2.05, 4.69) is 82.6 Å². The molecule has 5 nitrogen and oxygen atoms in total. The molecule has 1 aromatic carbocycles. The van der Waals surface area contributed by atoms with Crippen molar-refractivity contribution in [2.45, 2.75) is 33.7 Å². The van der Waals surface area contributed by atoms with Gasteiger partial charge in [-0.15, -0.1) is 0 Å². The van der Waals surface area contributed by atoms with E-state index in [-0.39, 0.29) is 5.41 Å². The highest BCUT2D eigenvalue weighted by atomic mass is 15.1. The third-order valence-electron chi connectivity index (χ3n) is 4.60. The Morgan fingerprint density at radius 3 is 2.41 bits per heavy atom. The third-order valence-corrected chi connectivity index (χ3v) is 4.60. The van der Waals surface area contributed by atoms with Crippen LogP contribution in [-0.2, 0) is 13.0 Å². The average molecular weight is 359 g/mol. The smallest absolute Gasteiger partial charge is 0.221 e. The number of hydrogen-bond acceptors (Lipinski definition) is 3. The molecule has 3 aromatic heterocycles. The van der Waals surface area contributed by atoms with Crippen LogP contribution in [-0.4, -0.2) is 19.1 Å². The van der Waals surface area contributed by atoms with Gasteiger partial charge in [0.25, 0.3) is 0 Å².